The molecule has 0 aliphatic rings. The summed E-state index contributed by atoms with van der Waals surface area (Å²) in [4.78, 5) is 8.75. The average molecular weight is 238 g/mol. The van der Waals surface area contributed by atoms with Crippen LogP contribution < -0.4 is 0 Å². The third kappa shape index (κ3) is 1.66. The van der Waals surface area contributed by atoms with Crippen LogP contribution in [0, 0.1) is 0 Å². The number of fused-ring (bicyclic) bond motifs is 1. The fraction of sp³-hybridized carbons (Fsp3) is 0.214. The minimum Gasteiger partial charge on any atom is -0.256 e. The first-order chi connectivity index (χ1) is 8.77. The summed E-state index contributed by atoms with van der Waals surface area (Å²) in [6.07, 6.45) is 3.41. The highest BCUT2D eigenvalue weighted by Crippen LogP contribution is 2.26. The lowest BCUT2D eigenvalue weighted by atomic mass is 10.1. The summed E-state index contributed by atoms with van der Waals surface area (Å²) in [6, 6.07) is 10.4. The molecule has 0 amide bonds. The van der Waals surface area contributed by atoms with Crippen molar-refractivity contribution >= 4 is 10.9 Å². The van der Waals surface area contributed by atoms with Gasteiger partial charge in [0.15, 0.2) is 5.82 Å². The maximum absolute atomic E-state index is 4.38. The van der Waals surface area contributed by atoms with Crippen LogP contribution in [0.2, 0.25) is 0 Å². The molecular weight excluding hydrogens is 224 g/mol. The van der Waals surface area contributed by atoms with Crippen molar-refractivity contribution in [3.05, 3.63) is 42.9 Å². The van der Waals surface area contributed by atoms with Crippen molar-refractivity contribution in [2.45, 2.75) is 19.9 Å². The van der Waals surface area contributed by atoms with Crippen molar-refractivity contribution in [3.8, 4) is 11.4 Å². The van der Waals surface area contributed by atoms with Crippen LogP contribution in [0.5, 0.6) is 0 Å². The molecule has 2 heterocycles. The van der Waals surface area contributed by atoms with Gasteiger partial charge >= 0.3 is 0 Å². The standard InChI is InChI=1S/C14H14N4/c1-10(2)18-14(16-9-17-18)12-5-3-7-13-11(12)6-4-8-15-13/h3-10H,1-2H3. The molecule has 90 valence electrons. The molecule has 3 rings (SSSR count). The maximum Gasteiger partial charge on any atom is 0.158 e. The van der Waals surface area contributed by atoms with Gasteiger partial charge < -0.3 is 0 Å². The van der Waals surface area contributed by atoms with E-state index in [4.69, 9.17) is 0 Å². The monoisotopic (exact) mass is 238 g/mol. The number of rotatable bonds is 2. The predicted octanol–water partition coefficient (Wildman–Crippen LogP) is 3.07. The molecule has 3 aromatic rings. The zero-order chi connectivity index (χ0) is 12.5. The second-order valence-electron chi connectivity index (χ2n) is 4.50. The summed E-state index contributed by atoms with van der Waals surface area (Å²) < 4.78 is 1.93. The minimum absolute atomic E-state index is 0.287. The van der Waals surface area contributed by atoms with E-state index in [9.17, 15) is 0 Å². The van der Waals surface area contributed by atoms with Crippen LogP contribution in [-0.4, -0.2) is 19.7 Å². The summed E-state index contributed by atoms with van der Waals surface area (Å²) in [5, 5.41) is 5.39. The zero-order valence-corrected chi connectivity index (χ0v) is 10.4. The first-order valence-corrected chi connectivity index (χ1v) is 6.01. The van der Waals surface area contributed by atoms with E-state index in [1.807, 2.05) is 22.9 Å². The molecule has 0 radical (unpaired) electrons. The highest BCUT2D eigenvalue weighted by atomic mass is 15.3. The van der Waals surface area contributed by atoms with Crippen LogP contribution >= 0.6 is 0 Å². The Kier molecular flexibility index (Phi) is 2.55. The van der Waals surface area contributed by atoms with Crippen molar-refractivity contribution in [1.82, 2.24) is 19.7 Å². The van der Waals surface area contributed by atoms with E-state index in [0.717, 1.165) is 22.3 Å². The van der Waals surface area contributed by atoms with E-state index in [-0.39, 0.29) is 6.04 Å². The molecule has 0 fully saturated rings. The SMILES string of the molecule is CC(C)n1ncnc1-c1cccc2ncccc12. The van der Waals surface area contributed by atoms with Crippen molar-refractivity contribution in [1.29, 1.82) is 0 Å². The summed E-state index contributed by atoms with van der Waals surface area (Å²) in [6.45, 7) is 4.20. The second kappa shape index (κ2) is 4.22. The number of benzene rings is 1. The zero-order valence-electron chi connectivity index (χ0n) is 10.4. The Bertz CT molecular complexity index is 680. The van der Waals surface area contributed by atoms with Crippen molar-refractivity contribution < 1.29 is 0 Å². The quantitative estimate of drug-likeness (QED) is 0.689. The fourth-order valence-corrected chi connectivity index (χ4v) is 2.12. The lowest BCUT2D eigenvalue weighted by molar-refractivity contribution is 0.538. The number of hydrogen-bond donors (Lipinski definition) is 0. The van der Waals surface area contributed by atoms with E-state index in [2.05, 4.69) is 41.0 Å². The van der Waals surface area contributed by atoms with E-state index < -0.39 is 0 Å². The highest BCUT2D eigenvalue weighted by Gasteiger charge is 2.12. The topological polar surface area (TPSA) is 43.6 Å². The molecule has 0 spiro atoms. The Balaban J connectivity index is 2.28. The van der Waals surface area contributed by atoms with Crippen molar-refractivity contribution in [2.24, 2.45) is 0 Å². The molecule has 0 saturated carbocycles. The van der Waals surface area contributed by atoms with E-state index >= 15 is 0 Å². The molecule has 0 aliphatic heterocycles. The lowest BCUT2D eigenvalue weighted by Gasteiger charge is -2.10. The molecule has 2 aromatic heterocycles. The van der Waals surface area contributed by atoms with Crippen LogP contribution in [0.3, 0.4) is 0 Å². The summed E-state index contributed by atoms with van der Waals surface area (Å²) in [5.41, 5.74) is 2.06. The third-order valence-corrected chi connectivity index (χ3v) is 2.95. The molecule has 0 saturated heterocycles. The highest BCUT2D eigenvalue weighted by molar-refractivity contribution is 5.92. The van der Waals surface area contributed by atoms with Crippen molar-refractivity contribution in [3.63, 3.8) is 0 Å². The number of hydrogen-bond acceptors (Lipinski definition) is 3. The second-order valence-corrected chi connectivity index (χ2v) is 4.50. The van der Waals surface area contributed by atoms with Gasteiger partial charge in [-0.1, -0.05) is 18.2 Å². The number of pyridine rings is 1. The first kappa shape index (κ1) is 10.9. The first-order valence-electron chi connectivity index (χ1n) is 6.01. The number of aromatic nitrogens is 4. The van der Waals surface area contributed by atoms with Gasteiger partial charge in [0.05, 0.1) is 5.52 Å². The summed E-state index contributed by atoms with van der Waals surface area (Å²) in [5.74, 6) is 0.892. The van der Waals surface area contributed by atoms with Gasteiger partial charge in [0.2, 0.25) is 0 Å². The fourth-order valence-electron chi connectivity index (χ4n) is 2.12. The molecular formula is C14H14N4. The molecule has 0 N–H and O–H groups in total. The Labute approximate surface area is 105 Å². The third-order valence-electron chi connectivity index (χ3n) is 2.95. The molecule has 0 atom stereocenters. The molecule has 18 heavy (non-hydrogen) atoms. The number of nitrogens with zero attached hydrogens (tertiary/aromatic N) is 4. The Morgan fingerprint density at radius 3 is 2.78 bits per heavy atom. The van der Waals surface area contributed by atoms with E-state index in [0.29, 0.717) is 0 Å². The van der Waals surface area contributed by atoms with Crippen LogP contribution in [-0.2, 0) is 0 Å². The normalized spacial score (nSPS) is 11.3. The molecule has 1 aromatic carbocycles. The lowest BCUT2D eigenvalue weighted by Crippen LogP contribution is -2.05. The van der Waals surface area contributed by atoms with Crippen LogP contribution in [0.15, 0.2) is 42.9 Å². The Morgan fingerprint density at radius 2 is 1.94 bits per heavy atom. The van der Waals surface area contributed by atoms with Crippen LogP contribution in [0.4, 0.5) is 0 Å². The Morgan fingerprint density at radius 1 is 1.06 bits per heavy atom. The molecule has 0 aliphatic carbocycles. The predicted molar refractivity (Wildman–Crippen MR) is 71.1 cm³/mol. The van der Waals surface area contributed by atoms with Gasteiger partial charge in [-0.05, 0) is 26.0 Å². The van der Waals surface area contributed by atoms with E-state index in [1.54, 1.807) is 12.5 Å². The molecule has 4 nitrogen and oxygen atoms in total. The molecule has 0 unspecified atom stereocenters. The van der Waals surface area contributed by atoms with Gasteiger partial charge in [0, 0.05) is 23.2 Å². The van der Waals surface area contributed by atoms with Crippen LogP contribution in [0.1, 0.15) is 19.9 Å². The summed E-state index contributed by atoms with van der Waals surface area (Å²) in [7, 11) is 0. The smallest absolute Gasteiger partial charge is 0.158 e. The Hall–Kier alpha value is -2.23. The van der Waals surface area contributed by atoms with E-state index in [1.165, 1.54) is 0 Å². The van der Waals surface area contributed by atoms with Gasteiger partial charge in [-0.25, -0.2) is 9.67 Å². The largest absolute Gasteiger partial charge is 0.256 e. The maximum atomic E-state index is 4.38. The molecule has 0 bridgehead atoms. The van der Waals surface area contributed by atoms with Crippen molar-refractivity contribution in [2.75, 3.05) is 0 Å². The van der Waals surface area contributed by atoms with Gasteiger partial charge in [-0.15, -0.1) is 0 Å². The van der Waals surface area contributed by atoms with Gasteiger partial charge in [0.1, 0.15) is 6.33 Å². The van der Waals surface area contributed by atoms with Gasteiger partial charge in [-0.3, -0.25) is 4.98 Å². The van der Waals surface area contributed by atoms with Gasteiger partial charge in [-0.2, -0.15) is 5.10 Å². The molecule has 4 heteroatoms. The minimum atomic E-state index is 0.287. The average Bonchev–Trinajstić information content (AvgIpc) is 2.87. The summed E-state index contributed by atoms with van der Waals surface area (Å²) >= 11 is 0. The van der Waals surface area contributed by atoms with Crippen LogP contribution in [0.25, 0.3) is 22.3 Å². The van der Waals surface area contributed by atoms with Gasteiger partial charge in [0.25, 0.3) is 0 Å².